The van der Waals surface area contributed by atoms with Gasteiger partial charge in [0.25, 0.3) is 0 Å². The van der Waals surface area contributed by atoms with E-state index in [1.54, 1.807) is 0 Å². The second-order valence-corrected chi connectivity index (χ2v) is 2.33. The number of halogens is 3. The van der Waals surface area contributed by atoms with Crippen molar-refractivity contribution in [3.63, 3.8) is 0 Å². The molecule has 8 heteroatoms. The Morgan fingerprint density at radius 3 is 1.30 bits per heavy atom. The van der Waals surface area contributed by atoms with Crippen LogP contribution in [0.1, 0.15) is 0 Å². The molecule has 0 radical (unpaired) electrons. The molecule has 0 unspecified atom stereocenters. The lowest BCUT2D eigenvalue weighted by Gasteiger charge is -1.97. The Balaban J connectivity index is 0. The van der Waals surface area contributed by atoms with Gasteiger partial charge in [-0.25, -0.2) is 0 Å². The molecule has 0 bridgehead atoms. The molecule has 10 heavy (non-hydrogen) atoms. The molecule has 2 N–H and O–H groups in total. The zero-order valence-corrected chi connectivity index (χ0v) is 5.57. The summed E-state index contributed by atoms with van der Waals surface area (Å²) in [6, 6.07) is 0. The molecule has 0 aliphatic rings. The fourth-order valence-electron chi connectivity index (χ4n) is 0. The first-order chi connectivity index (χ1) is 4.25. The van der Waals surface area contributed by atoms with Crippen molar-refractivity contribution in [1.82, 2.24) is 0 Å². The standard InChI is InChI=1S/CHF3O3S.CH4O/c2-1(3,4)8(5,6)7;1-2/h(H,5,6,7);2H,1H3. The van der Waals surface area contributed by atoms with Crippen LogP contribution in [0.3, 0.4) is 0 Å². The lowest BCUT2D eigenvalue weighted by atomic mass is 11.6. The van der Waals surface area contributed by atoms with E-state index >= 15 is 0 Å². The molecule has 0 aromatic carbocycles. The Morgan fingerprint density at radius 1 is 1.20 bits per heavy atom. The highest BCUT2D eigenvalue weighted by Crippen LogP contribution is 2.20. The number of hydrogen-bond donors (Lipinski definition) is 2. The highest BCUT2D eigenvalue weighted by molar-refractivity contribution is 7.86. The van der Waals surface area contributed by atoms with Crippen molar-refractivity contribution < 1.29 is 31.2 Å². The molecule has 64 valence electrons. The van der Waals surface area contributed by atoms with Crippen LogP contribution in [0.15, 0.2) is 0 Å². The van der Waals surface area contributed by atoms with Gasteiger partial charge in [0.15, 0.2) is 0 Å². The van der Waals surface area contributed by atoms with E-state index in [1.807, 2.05) is 0 Å². The van der Waals surface area contributed by atoms with E-state index in [2.05, 4.69) is 0 Å². The summed E-state index contributed by atoms with van der Waals surface area (Å²) >= 11 is 0. The Morgan fingerprint density at radius 2 is 1.30 bits per heavy atom. The van der Waals surface area contributed by atoms with Gasteiger partial charge in [-0.15, -0.1) is 0 Å². The van der Waals surface area contributed by atoms with Gasteiger partial charge in [0.2, 0.25) is 0 Å². The van der Waals surface area contributed by atoms with E-state index in [9.17, 15) is 13.2 Å². The minimum absolute atomic E-state index is 1.00. The number of aliphatic hydroxyl groups is 1. The quantitative estimate of drug-likeness (QED) is 0.408. The number of rotatable bonds is 0. The van der Waals surface area contributed by atoms with Crippen molar-refractivity contribution in [2.75, 3.05) is 7.11 Å². The molecule has 0 aliphatic carbocycles. The van der Waals surface area contributed by atoms with Gasteiger partial charge < -0.3 is 5.11 Å². The average molecular weight is 182 g/mol. The number of alkyl halides is 3. The molecule has 0 spiro atoms. The average Bonchev–Trinajstić information content (AvgIpc) is 1.66. The lowest BCUT2D eigenvalue weighted by Crippen LogP contribution is -2.21. The highest BCUT2D eigenvalue weighted by atomic mass is 32.2. The summed E-state index contributed by atoms with van der Waals surface area (Å²) in [4.78, 5) is 0. The third kappa shape index (κ3) is 4.53. The Bertz CT molecular complexity index is 167. The van der Waals surface area contributed by atoms with Crippen molar-refractivity contribution in [3.05, 3.63) is 0 Å². The first-order valence-electron chi connectivity index (χ1n) is 1.73. The second kappa shape index (κ2) is 3.74. The lowest BCUT2D eigenvalue weighted by molar-refractivity contribution is -0.0510. The number of hydrogen-bond acceptors (Lipinski definition) is 3. The summed E-state index contributed by atoms with van der Waals surface area (Å²) in [6.45, 7) is 0. The Labute approximate surface area is 55.0 Å². The van der Waals surface area contributed by atoms with Gasteiger partial charge in [0.1, 0.15) is 0 Å². The number of aliphatic hydroxyl groups excluding tert-OH is 1. The van der Waals surface area contributed by atoms with Gasteiger partial charge >= 0.3 is 15.6 Å². The van der Waals surface area contributed by atoms with Gasteiger partial charge in [-0.1, -0.05) is 0 Å². The molecule has 0 saturated carbocycles. The van der Waals surface area contributed by atoms with Crippen molar-refractivity contribution >= 4 is 10.1 Å². The molecule has 0 aliphatic heterocycles. The molecule has 0 aromatic rings. The summed E-state index contributed by atoms with van der Waals surface area (Å²) in [6.07, 6.45) is 0. The molecule has 0 heterocycles. The van der Waals surface area contributed by atoms with E-state index < -0.39 is 15.6 Å². The first kappa shape index (κ1) is 12.3. The Kier molecular flexibility index (Phi) is 4.61. The topological polar surface area (TPSA) is 74.6 Å². The minimum Gasteiger partial charge on any atom is -0.400 e. The monoisotopic (exact) mass is 182 g/mol. The van der Waals surface area contributed by atoms with Crippen LogP contribution in [0.5, 0.6) is 0 Å². The maximum atomic E-state index is 10.7. The van der Waals surface area contributed by atoms with Gasteiger partial charge in [-0.05, 0) is 0 Å². The smallest absolute Gasteiger partial charge is 0.400 e. The third-order valence-corrected chi connectivity index (χ3v) is 0.877. The summed E-state index contributed by atoms with van der Waals surface area (Å²) in [5.74, 6) is 0. The molecular formula is C2H5F3O4S. The molecule has 0 rings (SSSR count). The summed E-state index contributed by atoms with van der Waals surface area (Å²) in [5.41, 5.74) is -5.53. The summed E-state index contributed by atoms with van der Waals surface area (Å²) < 4.78 is 57.5. The second-order valence-electron chi connectivity index (χ2n) is 0.921. The normalized spacial score (nSPS) is 11.8. The van der Waals surface area contributed by atoms with Gasteiger partial charge in [-0.3, -0.25) is 4.55 Å². The van der Waals surface area contributed by atoms with Crippen LogP contribution < -0.4 is 0 Å². The Hall–Kier alpha value is -0.340. The maximum absolute atomic E-state index is 10.7. The molecule has 0 saturated heterocycles. The molecule has 0 atom stereocenters. The largest absolute Gasteiger partial charge is 0.522 e. The first-order valence-corrected chi connectivity index (χ1v) is 3.17. The van der Waals surface area contributed by atoms with Crippen molar-refractivity contribution in [2.45, 2.75) is 5.51 Å². The van der Waals surface area contributed by atoms with E-state index in [0.717, 1.165) is 7.11 Å². The molecule has 0 aromatic heterocycles. The van der Waals surface area contributed by atoms with Crippen LogP contribution in [-0.4, -0.2) is 30.7 Å². The maximum Gasteiger partial charge on any atom is 0.522 e. The molecule has 0 fully saturated rings. The van der Waals surface area contributed by atoms with Gasteiger partial charge in [0, 0.05) is 7.11 Å². The van der Waals surface area contributed by atoms with Crippen molar-refractivity contribution in [2.24, 2.45) is 0 Å². The molecule has 4 nitrogen and oxygen atoms in total. The SMILES string of the molecule is CO.O=S(=O)(O)C(F)(F)F. The zero-order chi connectivity index (χ0) is 9.00. The van der Waals surface area contributed by atoms with Crippen molar-refractivity contribution in [3.8, 4) is 0 Å². The summed E-state index contributed by atoms with van der Waals surface area (Å²) in [7, 11) is -4.84. The van der Waals surface area contributed by atoms with E-state index in [-0.39, 0.29) is 0 Å². The fourth-order valence-corrected chi connectivity index (χ4v) is 0. The fraction of sp³-hybridized carbons (Fsp3) is 1.00. The third-order valence-electron chi connectivity index (χ3n) is 0.292. The van der Waals surface area contributed by atoms with Crippen LogP contribution in [0.25, 0.3) is 0 Å². The molecular weight excluding hydrogens is 177 g/mol. The summed E-state index contributed by atoms with van der Waals surface area (Å²) in [5, 5.41) is 7.00. The van der Waals surface area contributed by atoms with Crippen LogP contribution in [0, 0.1) is 0 Å². The van der Waals surface area contributed by atoms with Crippen LogP contribution in [0.4, 0.5) is 13.2 Å². The van der Waals surface area contributed by atoms with Crippen molar-refractivity contribution in [1.29, 1.82) is 0 Å². The predicted molar refractivity (Wildman–Crippen MR) is 25.7 cm³/mol. The zero-order valence-electron chi connectivity index (χ0n) is 4.75. The van der Waals surface area contributed by atoms with Crippen LogP contribution >= 0.6 is 0 Å². The van der Waals surface area contributed by atoms with Crippen LogP contribution in [0.2, 0.25) is 0 Å². The van der Waals surface area contributed by atoms with E-state index in [1.165, 1.54) is 0 Å². The van der Waals surface area contributed by atoms with Gasteiger partial charge in [0.05, 0.1) is 0 Å². The van der Waals surface area contributed by atoms with Crippen LogP contribution in [-0.2, 0) is 10.1 Å². The molecule has 0 amide bonds. The van der Waals surface area contributed by atoms with Gasteiger partial charge in [-0.2, -0.15) is 21.6 Å². The minimum atomic E-state index is -5.84. The predicted octanol–water partition coefficient (Wildman–Crippen LogP) is 0.00250. The van der Waals surface area contributed by atoms with E-state index in [0.29, 0.717) is 0 Å². The van der Waals surface area contributed by atoms with E-state index in [4.69, 9.17) is 18.1 Å². The highest BCUT2D eigenvalue weighted by Gasteiger charge is 2.44.